The molecule has 0 aliphatic rings. The van der Waals surface area contributed by atoms with Crippen molar-refractivity contribution < 1.29 is 9.90 Å². The van der Waals surface area contributed by atoms with Crippen molar-refractivity contribution >= 4 is 11.7 Å². The fourth-order valence-corrected chi connectivity index (χ4v) is 1.96. The number of nitrogens with zero attached hydrogens (tertiary/aromatic N) is 3. The predicted octanol–water partition coefficient (Wildman–Crippen LogP) is 2.14. The van der Waals surface area contributed by atoms with Gasteiger partial charge in [0.2, 0.25) is 0 Å². The first-order chi connectivity index (χ1) is 9.95. The van der Waals surface area contributed by atoms with Gasteiger partial charge < -0.3 is 15.3 Å². The van der Waals surface area contributed by atoms with Crippen molar-refractivity contribution in [3.05, 3.63) is 47.8 Å². The van der Waals surface area contributed by atoms with Gasteiger partial charge in [0.25, 0.3) is 0 Å². The molecule has 0 radical (unpaired) electrons. The highest BCUT2D eigenvalue weighted by atomic mass is 16.3. The Kier molecular flexibility index (Phi) is 4.59. The molecule has 112 valence electrons. The molecule has 21 heavy (non-hydrogen) atoms. The molecule has 2 rings (SSSR count). The van der Waals surface area contributed by atoms with Gasteiger partial charge in [-0.25, -0.2) is 4.79 Å². The highest BCUT2D eigenvalue weighted by molar-refractivity contribution is 5.89. The monoisotopic (exact) mass is 288 g/mol. The summed E-state index contributed by atoms with van der Waals surface area (Å²) in [7, 11) is 3.57. The second-order valence-corrected chi connectivity index (χ2v) is 5.11. The number of urea groups is 1. The summed E-state index contributed by atoms with van der Waals surface area (Å²) in [5.74, 6) is 0. The quantitative estimate of drug-likeness (QED) is 0.905. The summed E-state index contributed by atoms with van der Waals surface area (Å²) >= 11 is 0. The largest absolute Gasteiger partial charge is 0.389 e. The van der Waals surface area contributed by atoms with Crippen molar-refractivity contribution in [1.82, 2.24) is 14.7 Å². The van der Waals surface area contributed by atoms with Crippen molar-refractivity contribution in [1.29, 1.82) is 0 Å². The number of carbonyl (C=O) groups excluding carboxylic acids is 1. The van der Waals surface area contributed by atoms with Crippen LogP contribution in [0.3, 0.4) is 0 Å². The van der Waals surface area contributed by atoms with Crippen LogP contribution in [0.15, 0.2) is 36.7 Å². The van der Waals surface area contributed by atoms with Gasteiger partial charge in [-0.15, -0.1) is 0 Å². The number of amides is 2. The molecule has 0 aliphatic heterocycles. The topological polar surface area (TPSA) is 70.4 Å². The van der Waals surface area contributed by atoms with E-state index in [2.05, 4.69) is 10.4 Å². The Bertz CT molecular complexity index is 604. The lowest BCUT2D eigenvalue weighted by Crippen LogP contribution is -2.30. The summed E-state index contributed by atoms with van der Waals surface area (Å²) in [6, 6.07) is 6.95. The van der Waals surface area contributed by atoms with E-state index in [1.165, 1.54) is 0 Å². The summed E-state index contributed by atoms with van der Waals surface area (Å²) in [5.41, 5.74) is 2.48. The van der Waals surface area contributed by atoms with Crippen molar-refractivity contribution in [3.8, 4) is 0 Å². The summed E-state index contributed by atoms with van der Waals surface area (Å²) in [6.07, 6.45) is 3.10. The number of hydrogen-bond acceptors (Lipinski definition) is 3. The highest BCUT2D eigenvalue weighted by Crippen LogP contribution is 2.16. The second kappa shape index (κ2) is 6.41. The lowest BCUT2D eigenvalue weighted by atomic mass is 10.1. The van der Waals surface area contributed by atoms with E-state index in [-0.39, 0.29) is 6.03 Å². The molecular formula is C15H20N4O2. The first kappa shape index (κ1) is 15.1. The van der Waals surface area contributed by atoms with Gasteiger partial charge in [-0.05, 0) is 24.6 Å². The maximum absolute atomic E-state index is 12.1. The minimum Gasteiger partial charge on any atom is -0.389 e. The molecule has 0 saturated heterocycles. The molecule has 6 nitrogen and oxygen atoms in total. The minimum absolute atomic E-state index is 0.191. The van der Waals surface area contributed by atoms with Crippen LogP contribution in [-0.4, -0.2) is 32.9 Å². The van der Waals surface area contributed by atoms with Crippen LogP contribution >= 0.6 is 0 Å². The zero-order valence-electron chi connectivity index (χ0n) is 12.4. The van der Waals surface area contributed by atoms with Crippen LogP contribution in [0.1, 0.15) is 24.2 Å². The summed E-state index contributed by atoms with van der Waals surface area (Å²) < 4.78 is 1.70. The van der Waals surface area contributed by atoms with Crippen LogP contribution in [0, 0.1) is 0 Å². The molecule has 1 aromatic carbocycles. The van der Waals surface area contributed by atoms with Crippen molar-refractivity contribution in [2.24, 2.45) is 7.05 Å². The Morgan fingerprint density at radius 1 is 1.43 bits per heavy atom. The van der Waals surface area contributed by atoms with Gasteiger partial charge >= 0.3 is 6.03 Å². The molecule has 1 heterocycles. The Morgan fingerprint density at radius 3 is 2.62 bits per heavy atom. The van der Waals surface area contributed by atoms with E-state index in [1.54, 1.807) is 54.0 Å². The fraction of sp³-hybridized carbons (Fsp3) is 0.333. The normalized spacial score (nSPS) is 12.0. The van der Waals surface area contributed by atoms with Gasteiger partial charge in [0.15, 0.2) is 0 Å². The van der Waals surface area contributed by atoms with Crippen molar-refractivity contribution in [2.75, 3.05) is 12.4 Å². The van der Waals surface area contributed by atoms with E-state index in [0.717, 1.165) is 11.1 Å². The van der Waals surface area contributed by atoms with E-state index in [1.807, 2.05) is 13.2 Å². The molecule has 2 aromatic rings. The average Bonchev–Trinajstić information content (AvgIpc) is 2.84. The van der Waals surface area contributed by atoms with Crippen LogP contribution in [0.25, 0.3) is 0 Å². The van der Waals surface area contributed by atoms with E-state index in [9.17, 15) is 9.90 Å². The van der Waals surface area contributed by atoms with Gasteiger partial charge in [-0.3, -0.25) is 4.68 Å². The smallest absolute Gasteiger partial charge is 0.321 e. The molecule has 0 fully saturated rings. The molecule has 0 spiro atoms. The number of rotatable bonds is 4. The highest BCUT2D eigenvalue weighted by Gasteiger charge is 2.10. The number of carbonyl (C=O) groups is 1. The Morgan fingerprint density at radius 2 is 2.10 bits per heavy atom. The summed E-state index contributed by atoms with van der Waals surface area (Å²) in [4.78, 5) is 13.7. The van der Waals surface area contributed by atoms with Gasteiger partial charge in [-0.2, -0.15) is 5.10 Å². The molecule has 0 aliphatic carbocycles. The SMILES string of the molecule is CC(O)c1ccc(NC(=O)N(C)Cc2cnn(C)c2)cc1. The molecule has 1 atom stereocenters. The van der Waals surface area contributed by atoms with Crippen LogP contribution in [0.2, 0.25) is 0 Å². The van der Waals surface area contributed by atoms with Crippen LogP contribution < -0.4 is 5.32 Å². The molecule has 1 aromatic heterocycles. The average molecular weight is 288 g/mol. The van der Waals surface area contributed by atoms with E-state index >= 15 is 0 Å². The number of nitrogens with one attached hydrogen (secondary N) is 1. The lowest BCUT2D eigenvalue weighted by Gasteiger charge is -2.17. The van der Waals surface area contributed by atoms with Crippen LogP contribution in [0.4, 0.5) is 10.5 Å². The zero-order chi connectivity index (χ0) is 15.4. The number of aliphatic hydroxyl groups excluding tert-OH is 1. The number of aliphatic hydroxyl groups is 1. The molecular weight excluding hydrogens is 268 g/mol. The lowest BCUT2D eigenvalue weighted by molar-refractivity contribution is 0.199. The standard InChI is InChI=1S/C15H20N4O2/c1-11(20)13-4-6-14(7-5-13)17-15(21)18(2)9-12-8-16-19(3)10-12/h4-8,10-11,20H,9H2,1-3H3,(H,17,21). The third-order valence-electron chi connectivity index (χ3n) is 3.17. The number of aromatic nitrogens is 2. The number of hydrogen-bond donors (Lipinski definition) is 2. The first-order valence-electron chi connectivity index (χ1n) is 6.73. The van der Waals surface area contributed by atoms with Crippen molar-refractivity contribution in [3.63, 3.8) is 0 Å². The molecule has 2 N–H and O–H groups in total. The molecule has 1 unspecified atom stereocenters. The van der Waals surface area contributed by atoms with Gasteiger partial charge in [0, 0.05) is 31.5 Å². The zero-order valence-corrected chi connectivity index (χ0v) is 12.4. The Balaban J connectivity index is 1.93. The molecule has 2 amide bonds. The van der Waals surface area contributed by atoms with Crippen molar-refractivity contribution in [2.45, 2.75) is 19.6 Å². The fourth-order valence-electron chi connectivity index (χ4n) is 1.96. The predicted molar refractivity (Wildman–Crippen MR) is 80.8 cm³/mol. The minimum atomic E-state index is -0.511. The summed E-state index contributed by atoms with van der Waals surface area (Å²) in [6.45, 7) is 2.20. The van der Waals surface area contributed by atoms with E-state index in [4.69, 9.17) is 0 Å². The Labute approximate surface area is 124 Å². The first-order valence-corrected chi connectivity index (χ1v) is 6.73. The third kappa shape index (κ3) is 4.06. The third-order valence-corrected chi connectivity index (χ3v) is 3.17. The maximum Gasteiger partial charge on any atom is 0.321 e. The van der Waals surface area contributed by atoms with E-state index in [0.29, 0.717) is 12.2 Å². The number of aryl methyl sites for hydroxylation is 1. The van der Waals surface area contributed by atoms with Gasteiger partial charge in [-0.1, -0.05) is 12.1 Å². The molecule has 0 saturated carbocycles. The van der Waals surface area contributed by atoms with Gasteiger partial charge in [0.1, 0.15) is 0 Å². The number of benzene rings is 1. The van der Waals surface area contributed by atoms with E-state index < -0.39 is 6.10 Å². The molecule has 6 heteroatoms. The van der Waals surface area contributed by atoms with Crippen LogP contribution in [0.5, 0.6) is 0 Å². The molecule has 0 bridgehead atoms. The second-order valence-electron chi connectivity index (χ2n) is 5.11. The van der Waals surface area contributed by atoms with Crippen LogP contribution in [-0.2, 0) is 13.6 Å². The van der Waals surface area contributed by atoms with Gasteiger partial charge in [0.05, 0.1) is 18.8 Å². The maximum atomic E-state index is 12.1. The number of anilines is 1. The Hall–Kier alpha value is -2.34. The summed E-state index contributed by atoms with van der Waals surface area (Å²) in [5, 5.41) is 16.3.